The van der Waals surface area contributed by atoms with Gasteiger partial charge in [0.25, 0.3) is 5.91 Å². The van der Waals surface area contributed by atoms with Crippen molar-refractivity contribution < 1.29 is 4.79 Å². The number of aromatic amines is 2. The van der Waals surface area contributed by atoms with Crippen LogP contribution in [0, 0.1) is 0 Å². The third-order valence-corrected chi connectivity index (χ3v) is 4.07. The number of pyridine rings is 1. The molecular weight excluding hydrogens is 280 g/mol. The number of para-hydroxylation sites is 1. The summed E-state index contributed by atoms with van der Waals surface area (Å²) in [6, 6.07) is 8.74. The third-order valence-electron chi connectivity index (χ3n) is 4.07. The standard InChI is InChI=1S/C16H14N4O2/c21-15-7-12(11-3-1-2-4-14(11)18-15)16(22)20-6-5-13-10(9-20)8-17-19-13/h1-4,7-8H,5-6,9H2,(H,17,19)(H,18,21). The molecule has 0 spiro atoms. The highest BCUT2D eigenvalue weighted by Crippen LogP contribution is 2.21. The summed E-state index contributed by atoms with van der Waals surface area (Å²) in [5.74, 6) is -0.117. The molecule has 0 saturated carbocycles. The fourth-order valence-electron chi connectivity index (χ4n) is 2.95. The van der Waals surface area contributed by atoms with Gasteiger partial charge in [-0.15, -0.1) is 0 Å². The number of rotatable bonds is 1. The smallest absolute Gasteiger partial charge is 0.255 e. The van der Waals surface area contributed by atoms with Gasteiger partial charge >= 0.3 is 0 Å². The normalized spacial score (nSPS) is 14.1. The van der Waals surface area contributed by atoms with Gasteiger partial charge in [0.1, 0.15) is 0 Å². The second-order valence-electron chi connectivity index (χ2n) is 5.44. The zero-order valence-electron chi connectivity index (χ0n) is 11.8. The van der Waals surface area contributed by atoms with Gasteiger partial charge in [-0.3, -0.25) is 14.7 Å². The maximum atomic E-state index is 12.8. The lowest BCUT2D eigenvalue weighted by Gasteiger charge is -2.27. The van der Waals surface area contributed by atoms with Crippen molar-refractivity contribution in [1.29, 1.82) is 0 Å². The summed E-state index contributed by atoms with van der Waals surface area (Å²) in [6.45, 7) is 1.14. The van der Waals surface area contributed by atoms with Gasteiger partial charge in [-0.25, -0.2) is 0 Å². The SMILES string of the molecule is O=C(c1cc(=O)[nH]c2ccccc12)N1CCc2[nH]ncc2C1. The first-order chi connectivity index (χ1) is 10.7. The van der Waals surface area contributed by atoms with Crippen LogP contribution < -0.4 is 5.56 Å². The van der Waals surface area contributed by atoms with E-state index in [4.69, 9.17) is 0 Å². The number of nitrogens with zero attached hydrogens (tertiary/aromatic N) is 2. The van der Waals surface area contributed by atoms with Crippen molar-refractivity contribution in [2.45, 2.75) is 13.0 Å². The van der Waals surface area contributed by atoms with E-state index in [1.54, 1.807) is 17.2 Å². The zero-order chi connectivity index (χ0) is 15.1. The first kappa shape index (κ1) is 12.8. The highest BCUT2D eigenvalue weighted by atomic mass is 16.2. The largest absolute Gasteiger partial charge is 0.334 e. The molecule has 6 nitrogen and oxygen atoms in total. The van der Waals surface area contributed by atoms with Gasteiger partial charge in [0.2, 0.25) is 5.56 Å². The molecule has 2 N–H and O–H groups in total. The predicted molar refractivity (Wildman–Crippen MR) is 81.6 cm³/mol. The molecule has 3 aromatic rings. The third kappa shape index (κ3) is 2.00. The minimum atomic E-state index is -0.261. The van der Waals surface area contributed by atoms with E-state index in [0.717, 1.165) is 23.1 Å². The van der Waals surface area contributed by atoms with Crippen LogP contribution in [-0.4, -0.2) is 32.5 Å². The van der Waals surface area contributed by atoms with Crippen LogP contribution in [0.15, 0.2) is 41.3 Å². The van der Waals surface area contributed by atoms with Crippen LogP contribution in [0.5, 0.6) is 0 Å². The van der Waals surface area contributed by atoms with E-state index in [9.17, 15) is 9.59 Å². The summed E-state index contributed by atoms with van der Waals surface area (Å²) in [6.07, 6.45) is 2.51. The number of amides is 1. The monoisotopic (exact) mass is 294 g/mol. The fourth-order valence-corrected chi connectivity index (χ4v) is 2.95. The molecule has 0 unspecified atom stereocenters. The summed E-state index contributed by atoms with van der Waals surface area (Å²) in [5, 5.41) is 7.74. The van der Waals surface area contributed by atoms with Crippen LogP contribution in [-0.2, 0) is 13.0 Å². The second-order valence-corrected chi connectivity index (χ2v) is 5.44. The Bertz CT molecular complexity index is 925. The van der Waals surface area contributed by atoms with Crippen LogP contribution in [0.3, 0.4) is 0 Å². The maximum Gasteiger partial charge on any atom is 0.255 e. The number of aromatic nitrogens is 3. The van der Waals surface area contributed by atoms with E-state index in [-0.39, 0.29) is 11.5 Å². The van der Waals surface area contributed by atoms with E-state index in [1.807, 2.05) is 18.2 Å². The van der Waals surface area contributed by atoms with Gasteiger partial charge in [-0.1, -0.05) is 18.2 Å². The minimum absolute atomic E-state index is 0.117. The van der Waals surface area contributed by atoms with Crippen LogP contribution in [0.25, 0.3) is 10.9 Å². The van der Waals surface area contributed by atoms with E-state index in [0.29, 0.717) is 24.2 Å². The van der Waals surface area contributed by atoms with Crippen LogP contribution >= 0.6 is 0 Å². The molecule has 0 atom stereocenters. The Morgan fingerprint density at radius 1 is 1.27 bits per heavy atom. The molecule has 0 bridgehead atoms. The Hall–Kier alpha value is -2.89. The second kappa shape index (κ2) is 4.84. The molecule has 22 heavy (non-hydrogen) atoms. The number of nitrogens with one attached hydrogen (secondary N) is 2. The molecule has 1 aliphatic heterocycles. The zero-order valence-corrected chi connectivity index (χ0v) is 11.8. The molecule has 1 aliphatic rings. The number of carbonyl (C=O) groups excluding carboxylic acids is 1. The Morgan fingerprint density at radius 3 is 3.05 bits per heavy atom. The number of hydrogen-bond acceptors (Lipinski definition) is 3. The van der Waals surface area contributed by atoms with Crippen LogP contribution in [0.1, 0.15) is 21.6 Å². The minimum Gasteiger partial charge on any atom is -0.334 e. The molecular formula is C16H14N4O2. The lowest BCUT2D eigenvalue weighted by Crippen LogP contribution is -2.36. The van der Waals surface area contributed by atoms with Gasteiger partial charge in [0, 0.05) is 47.7 Å². The average Bonchev–Trinajstić information content (AvgIpc) is 3.00. The summed E-state index contributed by atoms with van der Waals surface area (Å²) in [7, 11) is 0. The summed E-state index contributed by atoms with van der Waals surface area (Å²) in [4.78, 5) is 29.2. The van der Waals surface area contributed by atoms with Gasteiger partial charge in [0.15, 0.2) is 0 Å². The summed E-state index contributed by atoms with van der Waals surface area (Å²) >= 11 is 0. The number of hydrogen-bond donors (Lipinski definition) is 2. The van der Waals surface area contributed by atoms with Crippen molar-refractivity contribution in [1.82, 2.24) is 20.1 Å². The van der Waals surface area contributed by atoms with Gasteiger partial charge in [-0.05, 0) is 6.07 Å². The van der Waals surface area contributed by atoms with Crippen molar-refractivity contribution in [3.8, 4) is 0 Å². The number of fused-ring (bicyclic) bond motifs is 2. The van der Waals surface area contributed by atoms with Crippen molar-refractivity contribution in [2.24, 2.45) is 0 Å². The predicted octanol–water partition coefficient (Wildman–Crippen LogP) is 1.45. The molecule has 0 fully saturated rings. The van der Waals surface area contributed by atoms with Crippen molar-refractivity contribution in [3.05, 3.63) is 63.7 Å². The van der Waals surface area contributed by atoms with Gasteiger partial charge in [-0.2, -0.15) is 5.10 Å². The fraction of sp³-hybridized carbons (Fsp3) is 0.188. The average molecular weight is 294 g/mol. The molecule has 0 aliphatic carbocycles. The molecule has 1 amide bonds. The Labute approximate surface area is 125 Å². The molecule has 0 radical (unpaired) electrons. The van der Waals surface area contributed by atoms with Crippen molar-refractivity contribution >= 4 is 16.8 Å². The lowest BCUT2D eigenvalue weighted by molar-refractivity contribution is 0.0736. The lowest BCUT2D eigenvalue weighted by atomic mass is 10.0. The number of H-pyrrole nitrogens is 2. The Morgan fingerprint density at radius 2 is 2.14 bits per heavy atom. The highest BCUT2D eigenvalue weighted by Gasteiger charge is 2.24. The van der Waals surface area contributed by atoms with E-state index in [1.165, 1.54) is 6.07 Å². The van der Waals surface area contributed by atoms with Crippen molar-refractivity contribution in [3.63, 3.8) is 0 Å². The summed E-state index contributed by atoms with van der Waals surface area (Å²) < 4.78 is 0. The highest BCUT2D eigenvalue weighted by molar-refractivity contribution is 6.05. The first-order valence-electron chi connectivity index (χ1n) is 7.15. The molecule has 0 saturated heterocycles. The molecule has 3 heterocycles. The van der Waals surface area contributed by atoms with Crippen molar-refractivity contribution in [2.75, 3.05) is 6.54 Å². The van der Waals surface area contributed by atoms with Crippen LogP contribution in [0.2, 0.25) is 0 Å². The molecule has 1 aromatic carbocycles. The number of carbonyl (C=O) groups is 1. The van der Waals surface area contributed by atoms with Gasteiger partial charge < -0.3 is 9.88 Å². The number of benzene rings is 1. The Balaban J connectivity index is 1.76. The molecule has 110 valence electrons. The molecule has 6 heteroatoms. The molecule has 4 rings (SSSR count). The summed E-state index contributed by atoms with van der Waals surface area (Å²) in [5.41, 5.74) is 2.99. The Kier molecular flexibility index (Phi) is 2.82. The molecule has 2 aromatic heterocycles. The van der Waals surface area contributed by atoms with E-state index >= 15 is 0 Å². The van der Waals surface area contributed by atoms with Crippen LogP contribution in [0.4, 0.5) is 0 Å². The first-order valence-corrected chi connectivity index (χ1v) is 7.15. The van der Waals surface area contributed by atoms with E-state index < -0.39 is 0 Å². The van der Waals surface area contributed by atoms with Gasteiger partial charge in [0.05, 0.1) is 11.8 Å². The topological polar surface area (TPSA) is 81.9 Å². The van der Waals surface area contributed by atoms with E-state index in [2.05, 4.69) is 15.2 Å². The quantitative estimate of drug-likeness (QED) is 0.712. The maximum absolute atomic E-state index is 12.8.